The van der Waals surface area contributed by atoms with Crippen LogP contribution in [0.1, 0.15) is 17.3 Å². The lowest BCUT2D eigenvalue weighted by atomic mass is 10.2. The molecule has 3 amide bonds. The topological polar surface area (TPSA) is 67.4 Å². The lowest BCUT2D eigenvalue weighted by Crippen LogP contribution is -2.34. The van der Waals surface area contributed by atoms with Gasteiger partial charge in [-0.05, 0) is 31.2 Å². The highest BCUT2D eigenvalue weighted by Crippen LogP contribution is 2.36. The Balaban J connectivity index is 2.05. The minimum absolute atomic E-state index is 0.188. The molecule has 5 nitrogen and oxygen atoms in total. The first-order chi connectivity index (χ1) is 12.4. The SMILES string of the molecule is C/C=C/COc1c(Cl)cc(NC(=O)NC(=O)c2ccccc2Cl)cc1Cl. The summed E-state index contributed by atoms with van der Waals surface area (Å²) in [7, 11) is 0. The van der Waals surface area contributed by atoms with Crippen LogP contribution in [0.25, 0.3) is 0 Å². The second-order valence-corrected chi connectivity index (χ2v) is 6.26. The van der Waals surface area contributed by atoms with Gasteiger partial charge < -0.3 is 10.1 Å². The van der Waals surface area contributed by atoms with E-state index in [2.05, 4.69) is 10.6 Å². The molecule has 0 heterocycles. The Hall–Kier alpha value is -2.21. The number of carbonyl (C=O) groups excluding carboxylic acids is 2. The third-order valence-corrected chi connectivity index (χ3v) is 4.05. The predicted molar refractivity (Wildman–Crippen MR) is 105 cm³/mol. The van der Waals surface area contributed by atoms with Crippen molar-refractivity contribution in [2.24, 2.45) is 0 Å². The average molecular weight is 414 g/mol. The summed E-state index contributed by atoms with van der Waals surface area (Å²) in [5.74, 6) is -0.318. The summed E-state index contributed by atoms with van der Waals surface area (Å²) in [6.07, 6.45) is 3.63. The first kappa shape index (κ1) is 20.1. The van der Waals surface area contributed by atoms with Gasteiger partial charge in [0.25, 0.3) is 5.91 Å². The smallest absolute Gasteiger partial charge is 0.326 e. The molecule has 0 bridgehead atoms. The Bertz CT molecular complexity index is 830. The van der Waals surface area contributed by atoms with Crippen LogP contribution in [0.15, 0.2) is 48.6 Å². The molecule has 0 aliphatic carbocycles. The Labute approximate surface area is 165 Å². The molecule has 0 atom stereocenters. The van der Waals surface area contributed by atoms with E-state index in [1.54, 1.807) is 24.3 Å². The zero-order chi connectivity index (χ0) is 19.1. The highest BCUT2D eigenvalue weighted by Gasteiger charge is 2.15. The van der Waals surface area contributed by atoms with Crippen molar-refractivity contribution in [2.45, 2.75) is 6.92 Å². The van der Waals surface area contributed by atoms with Gasteiger partial charge in [-0.3, -0.25) is 10.1 Å². The highest BCUT2D eigenvalue weighted by molar-refractivity contribution is 6.37. The normalized spacial score (nSPS) is 10.6. The van der Waals surface area contributed by atoms with Crippen LogP contribution in [0.3, 0.4) is 0 Å². The van der Waals surface area contributed by atoms with Crippen molar-refractivity contribution in [1.29, 1.82) is 0 Å². The monoisotopic (exact) mass is 412 g/mol. The molecule has 8 heteroatoms. The summed E-state index contributed by atoms with van der Waals surface area (Å²) < 4.78 is 5.46. The maximum absolute atomic E-state index is 12.1. The van der Waals surface area contributed by atoms with Crippen LogP contribution in [0.5, 0.6) is 5.75 Å². The molecule has 26 heavy (non-hydrogen) atoms. The Kier molecular flexibility index (Phi) is 7.33. The first-order valence-corrected chi connectivity index (χ1v) is 8.65. The van der Waals surface area contributed by atoms with Gasteiger partial charge in [0.1, 0.15) is 6.61 Å². The van der Waals surface area contributed by atoms with E-state index in [-0.39, 0.29) is 20.6 Å². The predicted octanol–water partition coefficient (Wildman–Crippen LogP) is 5.56. The van der Waals surface area contributed by atoms with Gasteiger partial charge in [-0.25, -0.2) is 4.79 Å². The van der Waals surface area contributed by atoms with E-state index in [4.69, 9.17) is 39.5 Å². The van der Waals surface area contributed by atoms with E-state index < -0.39 is 11.9 Å². The molecule has 136 valence electrons. The Morgan fingerprint density at radius 1 is 1.08 bits per heavy atom. The zero-order valence-electron chi connectivity index (χ0n) is 13.7. The van der Waals surface area contributed by atoms with Crippen LogP contribution in [0.4, 0.5) is 10.5 Å². The number of nitrogens with one attached hydrogen (secondary N) is 2. The minimum atomic E-state index is -0.746. The quantitative estimate of drug-likeness (QED) is 0.630. The van der Waals surface area contributed by atoms with Crippen LogP contribution < -0.4 is 15.4 Å². The number of amides is 3. The summed E-state index contributed by atoms with van der Waals surface area (Å²) in [5, 5.41) is 5.37. The maximum Gasteiger partial charge on any atom is 0.326 e. The van der Waals surface area contributed by atoms with Gasteiger partial charge in [-0.2, -0.15) is 0 Å². The van der Waals surface area contributed by atoms with Gasteiger partial charge in [0.2, 0.25) is 0 Å². The number of carbonyl (C=O) groups is 2. The van der Waals surface area contributed by atoms with E-state index in [1.165, 1.54) is 18.2 Å². The Morgan fingerprint density at radius 2 is 1.73 bits per heavy atom. The summed E-state index contributed by atoms with van der Waals surface area (Å²) in [6.45, 7) is 2.18. The molecule has 2 rings (SSSR count). The van der Waals surface area contributed by atoms with Gasteiger partial charge in [0.15, 0.2) is 5.75 Å². The van der Waals surface area contributed by atoms with E-state index in [0.717, 1.165) is 0 Å². The van der Waals surface area contributed by atoms with Crippen molar-refractivity contribution < 1.29 is 14.3 Å². The van der Waals surface area contributed by atoms with Gasteiger partial charge in [0.05, 0.1) is 20.6 Å². The van der Waals surface area contributed by atoms with Crippen molar-refractivity contribution in [1.82, 2.24) is 5.32 Å². The highest BCUT2D eigenvalue weighted by atomic mass is 35.5. The van der Waals surface area contributed by atoms with Crippen molar-refractivity contribution in [3.05, 3.63) is 69.2 Å². The van der Waals surface area contributed by atoms with Gasteiger partial charge in [-0.15, -0.1) is 0 Å². The molecule has 2 N–H and O–H groups in total. The van der Waals surface area contributed by atoms with E-state index in [0.29, 0.717) is 18.0 Å². The molecule has 0 saturated heterocycles. The summed E-state index contributed by atoms with van der Waals surface area (Å²) in [5.41, 5.74) is 0.496. The molecule has 2 aromatic carbocycles. The largest absolute Gasteiger partial charge is 0.486 e. The number of anilines is 1. The molecule has 0 spiro atoms. The van der Waals surface area contributed by atoms with Crippen LogP contribution >= 0.6 is 34.8 Å². The number of halogens is 3. The fraction of sp³-hybridized carbons (Fsp3) is 0.111. The molecule has 0 radical (unpaired) electrons. The summed E-state index contributed by atoms with van der Waals surface area (Å²) >= 11 is 18.2. The maximum atomic E-state index is 12.1. The third kappa shape index (κ3) is 5.39. The van der Waals surface area contributed by atoms with E-state index >= 15 is 0 Å². The molecule has 0 aromatic heterocycles. The van der Waals surface area contributed by atoms with Crippen molar-refractivity contribution in [3.63, 3.8) is 0 Å². The fourth-order valence-electron chi connectivity index (χ4n) is 1.98. The number of imide groups is 1. The molecule has 2 aromatic rings. The van der Waals surface area contributed by atoms with E-state index in [1.807, 2.05) is 13.0 Å². The number of hydrogen-bond donors (Lipinski definition) is 2. The number of urea groups is 1. The number of allylic oxidation sites excluding steroid dienone is 1. The number of hydrogen-bond acceptors (Lipinski definition) is 3. The lowest BCUT2D eigenvalue weighted by Gasteiger charge is -2.12. The summed E-state index contributed by atoms with van der Waals surface area (Å²) in [4.78, 5) is 24.1. The molecule has 0 aliphatic rings. The number of ether oxygens (including phenoxy) is 1. The lowest BCUT2D eigenvalue weighted by molar-refractivity contribution is 0.0967. The Morgan fingerprint density at radius 3 is 2.35 bits per heavy atom. The number of benzene rings is 2. The molecular weight excluding hydrogens is 399 g/mol. The van der Waals surface area contributed by atoms with Crippen molar-refractivity contribution in [3.8, 4) is 5.75 Å². The molecule has 0 unspecified atom stereocenters. The second kappa shape index (κ2) is 9.48. The summed E-state index contributed by atoms with van der Waals surface area (Å²) in [6, 6.07) is 8.59. The van der Waals surface area contributed by atoms with Crippen LogP contribution in [-0.4, -0.2) is 18.5 Å². The molecule has 0 aliphatic heterocycles. The fourth-order valence-corrected chi connectivity index (χ4v) is 2.79. The first-order valence-electron chi connectivity index (χ1n) is 7.52. The number of rotatable bonds is 5. The standard InChI is InChI=1S/C18H15Cl3N2O3/c1-2-3-8-26-16-14(20)9-11(10-15(16)21)22-18(25)23-17(24)12-6-4-5-7-13(12)19/h2-7,9-10H,8H2,1H3,(H2,22,23,24,25)/b3-2+. The third-order valence-electron chi connectivity index (χ3n) is 3.16. The second-order valence-electron chi connectivity index (χ2n) is 5.04. The van der Waals surface area contributed by atoms with Gasteiger partial charge >= 0.3 is 6.03 Å². The van der Waals surface area contributed by atoms with Crippen LogP contribution in [0.2, 0.25) is 15.1 Å². The van der Waals surface area contributed by atoms with Crippen molar-refractivity contribution in [2.75, 3.05) is 11.9 Å². The van der Waals surface area contributed by atoms with Gasteiger partial charge in [0, 0.05) is 5.69 Å². The van der Waals surface area contributed by atoms with Crippen molar-refractivity contribution >= 4 is 52.4 Å². The average Bonchev–Trinajstić information content (AvgIpc) is 2.57. The zero-order valence-corrected chi connectivity index (χ0v) is 16.0. The minimum Gasteiger partial charge on any atom is -0.486 e. The van der Waals surface area contributed by atoms with Crippen LogP contribution in [0, 0.1) is 0 Å². The molecular formula is C18H15Cl3N2O3. The van der Waals surface area contributed by atoms with Gasteiger partial charge in [-0.1, -0.05) is 59.1 Å². The van der Waals surface area contributed by atoms with Crippen LogP contribution in [-0.2, 0) is 0 Å². The molecule has 0 saturated carbocycles. The van der Waals surface area contributed by atoms with E-state index in [9.17, 15) is 9.59 Å². The molecule has 0 fully saturated rings.